The van der Waals surface area contributed by atoms with Crippen LogP contribution in [0.2, 0.25) is 0 Å². The molecular weight excluding hydrogens is 633 g/mol. The fourth-order valence-corrected chi connectivity index (χ4v) is 11.3. The molecule has 3 atom stereocenters. The largest absolute Gasteiger partial charge is 0.459 e. The molecule has 0 aliphatic carbocycles. The summed E-state index contributed by atoms with van der Waals surface area (Å²) in [6, 6.07) is 36.3. The first kappa shape index (κ1) is 34.3. The number of likely N-dealkylation sites (tertiary alicyclic amines) is 2. The van der Waals surface area contributed by atoms with Crippen molar-refractivity contribution in [1.29, 1.82) is 0 Å². The first-order valence-electron chi connectivity index (χ1n) is 17.1. The van der Waals surface area contributed by atoms with E-state index in [9.17, 15) is 14.4 Å². The molecule has 0 bridgehead atoms. The van der Waals surface area contributed by atoms with Crippen molar-refractivity contribution in [2.75, 3.05) is 13.1 Å². The molecule has 2 N–H and O–H groups in total. The average Bonchev–Trinajstić information content (AvgIpc) is 3.81. The van der Waals surface area contributed by atoms with Gasteiger partial charge in [-0.15, -0.1) is 0 Å². The van der Waals surface area contributed by atoms with Crippen LogP contribution in [-0.2, 0) is 49.0 Å². The summed E-state index contributed by atoms with van der Waals surface area (Å²) in [5.41, 5.74) is 9.82. The van der Waals surface area contributed by atoms with Gasteiger partial charge >= 0.3 is 5.97 Å². The third kappa shape index (κ3) is 7.41. The second kappa shape index (κ2) is 15.4. The maximum Gasteiger partial charge on any atom is 0.340 e. The van der Waals surface area contributed by atoms with E-state index in [2.05, 4.69) is 0 Å². The minimum atomic E-state index is -3.68. The van der Waals surface area contributed by atoms with E-state index >= 15 is 4.57 Å². The number of carbonyl (C=O) groups excluding carboxylic acids is 3. The zero-order valence-corrected chi connectivity index (χ0v) is 28.6. The van der Waals surface area contributed by atoms with Gasteiger partial charge in [0.25, 0.3) is 0 Å². The van der Waals surface area contributed by atoms with E-state index in [1.165, 1.54) is 4.90 Å². The Morgan fingerprint density at radius 3 is 1.80 bits per heavy atom. The smallest absolute Gasteiger partial charge is 0.340 e. The quantitative estimate of drug-likeness (QED) is 0.138. The fraction of sp³-hybridized carbons (Fsp3) is 0.325. The second-order valence-electron chi connectivity index (χ2n) is 13.1. The Bertz CT molecular complexity index is 1730. The number of carbonyl (C=O) groups is 3. The summed E-state index contributed by atoms with van der Waals surface area (Å²) in [5, 5.41) is -1.71. The Balaban J connectivity index is 1.37. The first-order chi connectivity index (χ1) is 23.8. The molecule has 0 spiro atoms. The van der Waals surface area contributed by atoms with Crippen molar-refractivity contribution in [1.82, 2.24) is 9.80 Å². The molecule has 2 heterocycles. The highest BCUT2D eigenvalue weighted by Crippen LogP contribution is 2.68. The fourth-order valence-electron chi connectivity index (χ4n) is 7.45. The summed E-state index contributed by atoms with van der Waals surface area (Å²) < 4.78 is 22.0. The van der Waals surface area contributed by atoms with E-state index in [4.69, 9.17) is 10.5 Å². The standard InChI is InChI=1S/C40H44N3O5P/c41-35(27-31-15-5-1-6-16-31)37(44)42-25-13-23-36(42)38(45)43-26-14-24-40(43,39(46)48-28-32-17-7-2-8-18-32)49(47,29-33-19-9-3-10-20-33)30-34-21-11-4-12-22-34/h1-12,15-22,35-36H,13-14,23-30,41H2/t35-,36-,40+/m0/s1. The number of ether oxygens (including phenoxy) is 1. The Hall–Kier alpha value is -4.52. The highest BCUT2D eigenvalue weighted by Gasteiger charge is 2.63. The van der Waals surface area contributed by atoms with Crippen molar-refractivity contribution in [3.63, 3.8) is 0 Å². The van der Waals surface area contributed by atoms with E-state index in [1.54, 1.807) is 4.90 Å². The van der Waals surface area contributed by atoms with Gasteiger partial charge in [-0.2, -0.15) is 0 Å². The summed E-state index contributed by atoms with van der Waals surface area (Å²) in [5.74, 6) is -1.32. The van der Waals surface area contributed by atoms with Crippen molar-refractivity contribution in [3.8, 4) is 0 Å². The molecule has 8 nitrogen and oxygen atoms in total. The summed E-state index contributed by atoms with van der Waals surface area (Å²) in [6.45, 7) is 0.618. The van der Waals surface area contributed by atoms with Gasteiger partial charge in [-0.05, 0) is 54.4 Å². The Labute approximate surface area is 288 Å². The Morgan fingerprint density at radius 1 is 0.735 bits per heavy atom. The minimum Gasteiger partial charge on any atom is -0.459 e. The molecular formula is C40H44N3O5P. The maximum atomic E-state index is 16.0. The molecule has 0 aromatic heterocycles. The summed E-state index contributed by atoms with van der Waals surface area (Å²) >= 11 is 0. The van der Waals surface area contributed by atoms with Gasteiger partial charge in [0.05, 0.1) is 6.04 Å². The summed E-state index contributed by atoms with van der Waals surface area (Å²) in [7, 11) is -3.68. The number of benzene rings is 4. The van der Waals surface area contributed by atoms with Crippen LogP contribution in [0.15, 0.2) is 121 Å². The lowest BCUT2D eigenvalue weighted by atomic mass is 10.0. The molecule has 254 valence electrons. The topological polar surface area (TPSA) is 110 Å². The van der Waals surface area contributed by atoms with Crippen LogP contribution < -0.4 is 5.73 Å². The van der Waals surface area contributed by atoms with E-state index in [0.717, 1.165) is 22.3 Å². The van der Waals surface area contributed by atoms with Crippen molar-refractivity contribution in [3.05, 3.63) is 144 Å². The SMILES string of the molecule is N[C@@H](Cc1ccccc1)C(=O)N1CCC[C@H]1C(=O)N1CCC[C@]1(C(=O)OCc1ccccc1)P(=O)(Cc1ccccc1)Cc1ccccc1. The number of rotatable bonds is 12. The van der Waals surface area contributed by atoms with E-state index in [-0.39, 0.29) is 43.7 Å². The molecule has 2 aliphatic rings. The highest BCUT2D eigenvalue weighted by molar-refractivity contribution is 7.65. The molecule has 2 amide bonds. The summed E-state index contributed by atoms with van der Waals surface area (Å²) in [6.07, 6.45) is 2.33. The maximum absolute atomic E-state index is 16.0. The van der Waals surface area contributed by atoms with Crippen molar-refractivity contribution in [2.45, 2.75) is 68.4 Å². The van der Waals surface area contributed by atoms with Crippen LogP contribution in [0.25, 0.3) is 0 Å². The lowest BCUT2D eigenvalue weighted by Gasteiger charge is -2.44. The summed E-state index contributed by atoms with van der Waals surface area (Å²) in [4.78, 5) is 46.5. The van der Waals surface area contributed by atoms with Crippen LogP contribution in [0, 0.1) is 0 Å². The highest BCUT2D eigenvalue weighted by atomic mass is 31.2. The monoisotopic (exact) mass is 677 g/mol. The third-order valence-electron chi connectivity index (χ3n) is 9.83. The van der Waals surface area contributed by atoms with Gasteiger partial charge in [0.15, 0.2) is 5.28 Å². The molecule has 49 heavy (non-hydrogen) atoms. The number of nitrogens with two attached hydrogens (primary N) is 1. The molecule has 2 aliphatic heterocycles. The zero-order chi connectivity index (χ0) is 34.3. The van der Waals surface area contributed by atoms with Gasteiger partial charge in [0, 0.05) is 25.4 Å². The average molecular weight is 678 g/mol. The predicted octanol–water partition coefficient (Wildman–Crippen LogP) is 6.37. The lowest BCUT2D eigenvalue weighted by molar-refractivity contribution is -0.159. The van der Waals surface area contributed by atoms with Gasteiger partial charge in [-0.3, -0.25) is 9.59 Å². The van der Waals surface area contributed by atoms with Crippen LogP contribution in [0.4, 0.5) is 0 Å². The number of hydrogen-bond acceptors (Lipinski definition) is 6. The molecule has 9 heteroatoms. The number of nitrogens with zero attached hydrogens (tertiary/aromatic N) is 2. The lowest BCUT2D eigenvalue weighted by Crippen LogP contribution is -2.59. The first-order valence-corrected chi connectivity index (χ1v) is 19.2. The second-order valence-corrected chi connectivity index (χ2v) is 16.3. The Morgan fingerprint density at radius 2 is 1.24 bits per heavy atom. The normalized spacial score (nSPS) is 19.8. The molecule has 2 saturated heterocycles. The molecule has 2 fully saturated rings. The van der Waals surface area contributed by atoms with Crippen LogP contribution in [-0.4, -0.2) is 58.0 Å². The van der Waals surface area contributed by atoms with Crippen LogP contribution in [0.5, 0.6) is 0 Å². The molecule has 0 saturated carbocycles. The van der Waals surface area contributed by atoms with Gasteiger partial charge < -0.3 is 24.8 Å². The minimum absolute atomic E-state index is 0.0114. The van der Waals surface area contributed by atoms with E-state index < -0.39 is 30.5 Å². The van der Waals surface area contributed by atoms with Crippen LogP contribution in [0.1, 0.15) is 47.9 Å². The van der Waals surface area contributed by atoms with Crippen LogP contribution >= 0.6 is 7.14 Å². The van der Waals surface area contributed by atoms with Crippen molar-refractivity contribution >= 4 is 24.9 Å². The van der Waals surface area contributed by atoms with Gasteiger partial charge in [-0.25, -0.2) is 4.79 Å². The van der Waals surface area contributed by atoms with Crippen molar-refractivity contribution in [2.24, 2.45) is 5.73 Å². The van der Waals surface area contributed by atoms with Gasteiger partial charge in [0.1, 0.15) is 19.8 Å². The molecule has 6 rings (SSSR count). The third-order valence-corrected chi connectivity index (χ3v) is 13.6. The van der Waals surface area contributed by atoms with Crippen molar-refractivity contribution < 1.29 is 23.7 Å². The number of esters is 1. The molecule has 4 aromatic rings. The molecule has 0 radical (unpaired) electrons. The van der Waals surface area contributed by atoms with E-state index in [0.29, 0.717) is 32.2 Å². The number of amides is 2. The predicted molar refractivity (Wildman–Crippen MR) is 191 cm³/mol. The van der Waals surface area contributed by atoms with Crippen LogP contribution in [0.3, 0.4) is 0 Å². The number of hydrogen-bond donors (Lipinski definition) is 1. The molecule has 0 unspecified atom stereocenters. The van der Waals surface area contributed by atoms with Gasteiger partial charge in [0.2, 0.25) is 11.8 Å². The van der Waals surface area contributed by atoms with Gasteiger partial charge in [-0.1, -0.05) is 121 Å². The van der Waals surface area contributed by atoms with E-state index in [1.807, 2.05) is 121 Å². The molecule has 4 aromatic carbocycles. The Kier molecular flexibility index (Phi) is 10.8. The zero-order valence-electron chi connectivity index (χ0n) is 27.7.